The van der Waals surface area contributed by atoms with Gasteiger partial charge in [0.05, 0.1) is 5.69 Å². The maximum Gasteiger partial charge on any atom is 0.159 e. The second-order valence-electron chi connectivity index (χ2n) is 7.04. The van der Waals surface area contributed by atoms with E-state index in [0.29, 0.717) is 12.3 Å². The van der Waals surface area contributed by atoms with Crippen LogP contribution in [0.4, 0.5) is 0 Å². The molecule has 0 saturated carbocycles. The lowest BCUT2D eigenvalue weighted by atomic mass is 10.1. The van der Waals surface area contributed by atoms with Gasteiger partial charge in [0.1, 0.15) is 18.5 Å². The highest BCUT2D eigenvalue weighted by Crippen LogP contribution is 2.21. The van der Waals surface area contributed by atoms with Gasteiger partial charge in [-0.2, -0.15) is 0 Å². The Hall–Kier alpha value is -2.11. The summed E-state index contributed by atoms with van der Waals surface area (Å²) < 4.78 is 11.0. The first-order chi connectivity index (χ1) is 11.9. The summed E-state index contributed by atoms with van der Waals surface area (Å²) in [5.74, 6) is 1.44. The van der Waals surface area contributed by atoms with Crippen LogP contribution >= 0.6 is 0 Å². The summed E-state index contributed by atoms with van der Waals surface area (Å²) in [7, 11) is 0. The van der Waals surface area contributed by atoms with Crippen LogP contribution in [0.25, 0.3) is 12.2 Å². The summed E-state index contributed by atoms with van der Waals surface area (Å²) in [4.78, 5) is 0. The number of hydrogen-bond donors (Lipinski definition) is 2. The van der Waals surface area contributed by atoms with Crippen LogP contribution in [0.1, 0.15) is 44.7 Å². The second-order valence-corrected chi connectivity index (χ2v) is 7.04. The van der Waals surface area contributed by atoms with Gasteiger partial charge in [-0.15, -0.1) is 0 Å². The summed E-state index contributed by atoms with van der Waals surface area (Å²) in [6.07, 6.45) is 4.07. The minimum atomic E-state index is -0.572. The number of nitrogens with one attached hydrogen (secondary N) is 1. The average molecular weight is 344 g/mol. The van der Waals surface area contributed by atoms with Crippen LogP contribution in [0.3, 0.4) is 0 Å². The monoisotopic (exact) mass is 344 g/mol. The van der Waals surface area contributed by atoms with E-state index in [2.05, 4.69) is 31.2 Å². The van der Waals surface area contributed by atoms with Gasteiger partial charge in [-0.25, -0.2) is 0 Å². The van der Waals surface area contributed by atoms with Crippen LogP contribution in [0.2, 0.25) is 0 Å². The van der Waals surface area contributed by atoms with E-state index in [1.54, 1.807) is 0 Å². The van der Waals surface area contributed by atoms with Gasteiger partial charge in [-0.3, -0.25) is 0 Å². The van der Waals surface area contributed by atoms with Crippen LogP contribution < -0.4 is 10.1 Å². The van der Waals surface area contributed by atoms with E-state index >= 15 is 0 Å². The van der Waals surface area contributed by atoms with Crippen molar-refractivity contribution in [3.63, 3.8) is 0 Å². The van der Waals surface area contributed by atoms with Gasteiger partial charge < -0.3 is 19.7 Å². The molecule has 136 valence electrons. The van der Waals surface area contributed by atoms with Crippen molar-refractivity contribution in [1.29, 1.82) is 0 Å². The molecular weight excluding hydrogens is 316 g/mol. The van der Waals surface area contributed by atoms with Gasteiger partial charge in [-0.1, -0.05) is 30.3 Å². The Morgan fingerprint density at radius 3 is 2.72 bits per heavy atom. The number of aromatic nitrogens is 1. The summed E-state index contributed by atoms with van der Waals surface area (Å²) in [5, 5.41) is 17.3. The molecule has 1 aromatic carbocycles. The molecule has 0 aliphatic heterocycles. The summed E-state index contributed by atoms with van der Waals surface area (Å²) in [5.41, 5.74) is 1.82. The standard InChI is InChI=1S/C20H28N2O3/c1-5-16-12-18(25-22-16)11-10-15-8-6-7-9-19(15)24-14-17(23)13-21-20(2,3)4/h6-12,17,21,23H,5,13-14H2,1-4H3/b11-10+. The van der Waals surface area contributed by atoms with Gasteiger partial charge in [0, 0.05) is 23.7 Å². The molecule has 2 N–H and O–H groups in total. The van der Waals surface area contributed by atoms with Crippen LogP contribution in [0.5, 0.6) is 5.75 Å². The largest absolute Gasteiger partial charge is 0.490 e. The number of ether oxygens (including phenoxy) is 1. The highest BCUT2D eigenvalue weighted by atomic mass is 16.5. The molecule has 5 nitrogen and oxygen atoms in total. The zero-order chi connectivity index (χ0) is 18.3. The predicted octanol–water partition coefficient (Wildman–Crippen LogP) is 3.54. The van der Waals surface area contributed by atoms with Crippen molar-refractivity contribution < 1.29 is 14.4 Å². The van der Waals surface area contributed by atoms with Crippen molar-refractivity contribution in [3.8, 4) is 5.75 Å². The Bertz CT molecular complexity index is 686. The SMILES string of the molecule is CCc1cc(/C=C/c2ccccc2OCC(O)CNC(C)(C)C)on1. The molecule has 0 radical (unpaired) electrons. The molecule has 0 saturated heterocycles. The average Bonchev–Trinajstić information content (AvgIpc) is 3.04. The first kappa shape index (κ1) is 19.2. The smallest absolute Gasteiger partial charge is 0.159 e. The third kappa shape index (κ3) is 6.72. The number of rotatable bonds is 8. The fraction of sp³-hybridized carbons (Fsp3) is 0.450. The number of benzene rings is 1. The number of aliphatic hydroxyl groups is 1. The van der Waals surface area contributed by atoms with Crippen LogP contribution in [-0.2, 0) is 6.42 Å². The Labute approximate surface area is 149 Å². The van der Waals surface area contributed by atoms with Crippen molar-refractivity contribution in [2.45, 2.75) is 45.8 Å². The van der Waals surface area contributed by atoms with E-state index in [4.69, 9.17) is 9.26 Å². The van der Waals surface area contributed by atoms with Crippen LogP contribution in [-0.4, -0.2) is 35.1 Å². The van der Waals surface area contributed by atoms with E-state index in [0.717, 1.165) is 23.4 Å². The van der Waals surface area contributed by atoms with Crippen molar-refractivity contribution in [2.24, 2.45) is 0 Å². The minimum absolute atomic E-state index is 0.0317. The molecule has 0 bridgehead atoms. The van der Waals surface area contributed by atoms with E-state index in [-0.39, 0.29) is 12.1 Å². The summed E-state index contributed by atoms with van der Waals surface area (Å²) >= 11 is 0. The lowest BCUT2D eigenvalue weighted by Crippen LogP contribution is -2.42. The maximum atomic E-state index is 10.1. The second kappa shape index (κ2) is 8.83. The minimum Gasteiger partial charge on any atom is -0.490 e. The molecule has 5 heteroatoms. The normalized spacial score (nSPS) is 13.3. The van der Waals surface area contributed by atoms with E-state index in [1.165, 1.54) is 0 Å². The number of para-hydroxylation sites is 1. The Kier molecular flexibility index (Phi) is 6.79. The number of aliphatic hydroxyl groups excluding tert-OH is 1. The third-order valence-corrected chi connectivity index (χ3v) is 3.58. The van der Waals surface area contributed by atoms with Gasteiger partial charge in [0.2, 0.25) is 0 Å². The zero-order valence-electron chi connectivity index (χ0n) is 15.5. The highest BCUT2D eigenvalue weighted by molar-refractivity contribution is 5.70. The van der Waals surface area contributed by atoms with Crippen molar-refractivity contribution >= 4 is 12.2 Å². The quantitative estimate of drug-likeness (QED) is 0.767. The molecule has 2 rings (SSSR count). The number of aryl methyl sites for hydroxylation is 1. The van der Waals surface area contributed by atoms with Crippen molar-refractivity contribution in [2.75, 3.05) is 13.2 Å². The van der Waals surface area contributed by atoms with Crippen molar-refractivity contribution in [1.82, 2.24) is 10.5 Å². The van der Waals surface area contributed by atoms with Gasteiger partial charge in [0.15, 0.2) is 5.76 Å². The highest BCUT2D eigenvalue weighted by Gasteiger charge is 2.13. The molecule has 0 aliphatic rings. The molecule has 1 atom stereocenters. The Morgan fingerprint density at radius 1 is 1.28 bits per heavy atom. The number of nitrogens with zero attached hydrogens (tertiary/aromatic N) is 1. The summed E-state index contributed by atoms with van der Waals surface area (Å²) in [6, 6.07) is 9.63. The molecule has 0 fully saturated rings. The fourth-order valence-corrected chi connectivity index (χ4v) is 2.16. The molecule has 1 heterocycles. The van der Waals surface area contributed by atoms with Gasteiger partial charge >= 0.3 is 0 Å². The van der Waals surface area contributed by atoms with E-state index < -0.39 is 6.10 Å². The fourth-order valence-electron chi connectivity index (χ4n) is 2.16. The van der Waals surface area contributed by atoms with E-state index in [9.17, 15) is 5.11 Å². The van der Waals surface area contributed by atoms with Gasteiger partial charge in [0.25, 0.3) is 0 Å². The molecule has 0 spiro atoms. The lowest BCUT2D eigenvalue weighted by molar-refractivity contribution is 0.0999. The van der Waals surface area contributed by atoms with Crippen LogP contribution in [0, 0.1) is 0 Å². The van der Waals surface area contributed by atoms with E-state index in [1.807, 2.05) is 49.4 Å². The predicted molar refractivity (Wildman–Crippen MR) is 101 cm³/mol. The Balaban J connectivity index is 1.95. The topological polar surface area (TPSA) is 67.5 Å². The molecular formula is C20H28N2O3. The maximum absolute atomic E-state index is 10.1. The van der Waals surface area contributed by atoms with Crippen LogP contribution in [0.15, 0.2) is 34.9 Å². The first-order valence-corrected chi connectivity index (χ1v) is 8.66. The third-order valence-electron chi connectivity index (χ3n) is 3.58. The molecule has 1 aromatic heterocycles. The zero-order valence-corrected chi connectivity index (χ0v) is 15.5. The number of hydrogen-bond acceptors (Lipinski definition) is 5. The lowest BCUT2D eigenvalue weighted by Gasteiger charge is -2.23. The molecule has 1 unspecified atom stereocenters. The van der Waals surface area contributed by atoms with Gasteiger partial charge in [-0.05, 0) is 45.4 Å². The molecule has 0 aliphatic carbocycles. The Morgan fingerprint density at radius 2 is 2.04 bits per heavy atom. The first-order valence-electron chi connectivity index (χ1n) is 8.66. The molecule has 0 amide bonds. The molecule has 25 heavy (non-hydrogen) atoms. The number of β-amino-alcohol motifs (C(OH)–C–C–N with tert-alkyl or cyclic N) is 1. The summed E-state index contributed by atoms with van der Waals surface area (Å²) in [6.45, 7) is 8.94. The van der Waals surface area contributed by atoms with Crippen molar-refractivity contribution in [3.05, 3.63) is 47.3 Å². The molecule has 2 aromatic rings.